The maximum Gasteiger partial charge on any atom is 0.418 e. The molecule has 0 saturated carbocycles. The molecule has 0 aliphatic heterocycles. The summed E-state index contributed by atoms with van der Waals surface area (Å²) in [4.78, 5) is 4.29. The third kappa shape index (κ3) is 4.96. The van der Waals surface area contributed by atoms with E-state index < -0.39 is 11.7 Å². The summed E-state index contributed by atoms with van der Waals surface area (Å²) < 4.78 is 47.6. The Morgan fingerprint density at radius 2 is 1.50 bits per heavy atom. The summed E-state index contributed by atoms with van der Waals surface area (Å²) in [5.41, 5.74) is 3.66. The lowest BCUT2D eigenvalue weighted by atomic mass is 9.91. The molecule has 5 aromatic rings. The van der Waals surface area contributed by atoms with Gasteiger partial charge in [-0.15, -0.1) is 0 Å². The van der Waals surface area contributed by atoms with Crippen LogP contribution >= 0.6 is 0 Å². The number of hydrogen-bond acceptors (Lipinski definition) is 2. The molecule has 36 heavy (non-hydrogen) atoms. The summed E-state index contributed by atoms with van der Waals surface area (Å²) in [5, 5.41) is 0.464. The van der Waals surface area contributed by atoms with E-state index in [9.17, 15) is 13.2 Å². The maximum atomic E-state index is 13.8. The van der Waals surface area contributed by atoms with Crippen LogP contribution < -0.4 is 4.74 Å². The van der Waals surface area contributed by atoms with Crippen molar-refractivity contribution >= 4 is 10.9 Å². The predicted octanol–water partition coefficient (Wildman–Crippen LogP) is 8.65. The summed E-state index contributed by atoms with van der Waals surface area (Å²) in [6.07, 6.45) is -2.57. The van der Waals surface area contributed by atoms with E-state index in [2.05, 4.69) is 4.98 Å². The topological polar surface area (TPSA) is 22.1 Å². The van der Waals surface area contributed by atoms with Gasteiger partial charge in [0.1, 0.15) is 11.9 Å². The number of benzene rings is 4. The lowest BCUT2D eigenvalue weighted by Crippen LogP contribution is -2.07. The van der Waals surface area contributed by atoms with Crippen LogP contribution in [0.2, 0.25) is 0 Å². The molecule has 1 atom stereocenters. The Labute approximate surface area is 208 Å². The van der Waals surface area contributed by atoms with Gasteiger partial charge in [-0.05, 0) is 59.4 Å². The van der Waals surface area contributed by atoms with Gasteiger partial charge < -0.3 is 4.74 Å². The minimum Gasteiger partial charge on any atom is -0.486 e. The van der Waals surface area contributed by atoms with Crippen LogP contribution in [0.1, 0.15) is 35.3 Å². The van der Waals surface area contributed by atoms with E-state index in [1.807, 2.05) is 91.9 Å². The van der Waals surface area contributed by atoms with Gasteiger partial charge in [0.05, 0.1) is 11.1 Å². The normalized spacial score (nSPS) is 12.4. The van der Waals surface area contributed by atoms with Gasteiger partial charge in [0.2, 0.25) is 0 Å². The molecular weight excluding hydrogens is 459 g/mol. The quantitative estimate of drug-likeness (QED) is 0.241. The Bertz CT molecular complexity index is 1480. The zero-order valence-electron chi connectivity index (χ0n) is 19.7. The number of alkyl halides is 3. The van der Waals surface area contributed by atoms with Crippen molar-refractivity contribution in [3.8, 4) is 16.9 Å². The fourth-order valence-electron chi connectivity index (χ4n) is 4.50. The van der Waals surface area contributed by atoms with Gasteiger partial charge in [-0.3, -0.25) is 4.98 Å². The van der Waals surface area contributed by atoms with Gasteiger partial charge in [-0.1, -0.05) is 84.9 Å². The van der Waals surface area contributed by atoms with Crippen molar-refractivity contribution < 1.29 is 17.9 Å². The van der Waals surface area contributed by atoms with Gasteiger partial charge in [-0.2, -0.15) is 13.2 Å². The van der Waals surface area contributed by atoms with Gasteiger partial charge in [0, 0.05) is 11.6 Å². The van der Waals surface area contributed by atoms with Crippen LogP contribution in [0.3, 0.4) is 0 Å². The Hall–Kier alpha value is -4.12. The van der Waals surface area contributed by atoms with Gasteiger partial charge in [0.25, 0.3) is 0 Å². The molecule has 0 N–H and O–H groups in total. The molecule has 0 radical (unpaired) electrons. The van der Waals surface area contributed by atoms with Gasteiger partial charge in [0.15, 0.2) is 0 Å². The van der Waals surface area contributed by atoms with Crippen LogP contribution in [-0.2, 0) is 12.6 Å². The maximum absolute atomic E-state index is 13.8. The van der Waals surface area contributed by atoms with Crippen LogP contribution in [-0.4, -0.2) is 4.98 Å². The van der Waals surface area contributed by atoms with Crippen molar-refractivity contribution in [2.45, 2.75) is 25.6 Å². The molecule has 180 valence electrons. The van der Waals surface area contributed by atoms with E-state index in [0.717, 1.165) is 33.9 Å². The summed E-state index contributed by atoms with van der Waals surface area (Å²) in [7, 11) is 0. The summed E-state index contributed by atoms with van der Waals surface area (Å²) >= 11 is 0. The molecule has 0 amide bonds. The number of fused-ring (bicyclic) bond motifs is 1. The fourth-order valence-corrected chi connectivity index (χ4v) is 4.50. The Kier molecular flexibility index (Phi) is 6.47. The molecule has 1 unspecified atom stereocenters. The first-order valence-corrected chi connectivity index (χ1v) is 11.7. The summed E-state index contributed by atoms with van der Waals surface area (Å²) in [5.74, 6) is 0.645. The van der Waals surface area contributed by atoms with Crippen molar-refractivity contribution in [1.29, 1.82) is 0 Å². The number of ether oxygens (including phenoxy) is 1. The zero-order valence-corrected chi connectivity index (χ0v) is 19.7. The molecule has 0 saturated heterocycles. The number of aromatic nitrogens is 1. The fraction of sp³-hybridized carbons (Fsp3) is 0.129. The van der Waals surface area contributed by atoms with Crippen LogP contribution in [0.5, 0.6) is 5.75 Å². The SMILES string of the molecule is CC(Oc1cccc(-c2c(Cc3ccccc3)cnc3c(C(F)(F)F)cccc23)c1)c1ccccc1. The predicted molar refractivity (Wildman–Crippen MR) is 137 cm³/mol. The highest BCUT2D eigenvalue weighted by Crippen LogP contribution is 2.40. The molecular formula is C31H24F3NO. The third-order valence-electron chi connectivity index (χ3n) is 6.22. The number of halogens is 3. The number of rotatable bonds is 6. The van der Waals surface area contributed by atoms with Crippen LogP contribution in [0.25, 0.3) is 22.0 Å². The average molecular weight is 484 g/mol. The van der Waals surface area contributed by atoms with E-state index in [0.29, 0.717) is 17.6 Å². The Morgan fingerprint density at radius 1 is 0.806 bits per heavy atom. The first-order chi connectivity index (χ1) is 17.4. The molecule has 0 spiro atoms. The average Bonchev–Trinajstić information content (AvgIpc) is 2.89. The molecule has 1 aromatic heterocycles. The highest BCUT2D eigenvalue weighted by molar-refractivity contribution is 5.98. The number of para-hydroxylation sites is 1. The molecule has 5 rings (SSSR count). The molecule has 4 aromatic carbocycles. The Morgan fingerprint density at radius 3 is 2.22 bits per heavy atom. The monoisotopic (exact) mass is 483 g/mol. The minimum atomic E-state index is -4.50. The van der Waals surface area contributed by atoms with Gasteiger partial charge >= 0.3 is 6.18 Å². The second-order valence-corrected chi connectivity index (χ2v) is 8.72. The number of nitrogens with zero attached hydrogens (tertiary/aromatic N) is 1. The summed E-state index contributed by atoms with van der Waals surface area (Å²) in [6, 6.07) is 31.5. The van der Waals surface area contributed by atoms with E-state index in [1.165, 1.54) is 6.07 Å². The lowest BCUT2D eigenvalue weighted by Gasteiger charge is -2.18. The molecule has 0 bridgehead atoms. The summed E-state index contributed by atoms with van der Waals surface area (Å²) in [6.45, 7) is 1.97. The van der Waals surface area contributed by atoms with E-state index in [-0.39, 0.29) is 11.6 Å². The first-order valence-electron chi connectivity index (χ1n) is 11.7. The molecule has 2 nitrogen and oxygen atoms in total. The standard InChI is InChI=1S/C31H24F3NO/c1-21(23-12-6-3-7-13-23)36-26-15-8-14-24(19-26)29-25(18-22-10-4-2-5-11-22)20-35-30-27(29)16-9-17-28(30)31(32,33)34/h2-17,19-21H,18H2,1H3. The highest BCUT2D eigenvalue weighted by Gasteiger charge is 2.33. The van der Waals surface area contributed by atoms with E-state index >= 15 is 0 Å². The van der Waals surface area contributed by atoms with Crippen molar-refractivity contribution in [3.63, 3.8) is 0 Å². The van der Waals surface area contributed by atoms with Crippen LogP contribution in [0.4, 0.5) is 13.2 Å². The van der Waals surface area contributed by atoms with Crippen LogP contribution in [0.15, 0.2) is 109 Å². The molecule has 0 aliphatic carbocycles. The highest BCUT2D eigenvalue weighted by atomic mass is 19.4. The van der Waals surface area contributed by atoms with Gasteiger partial charge in [-0.25, -0.2) is 0 Å². The van der Waals surface area contributed by atoms with Crippen LogP contribution in [0, 0.1) is 0 Å². The largest absolute Gasteiger partial charge is 0.486 e. The minimum absolute atomic E-state index is 0.0548. The molecule has 0 fully saturated rings. The van der Waals surface area contributed by atoms with Crippen molar-refractivity contribution in [3.05, 3.63) is 132 Å². The molecule has 5 heteroatoms. The second-order valence-electron chi connectivity index (χ2n) is 8.72. The lowest BCUT2D eigenvalue weighted by molar-refractivity contribution is -0.136. The third-order valence-corrected chi connectivity index (χ3v) is 6.22. The number of hydrogen-bond donors (Lipinski definition) is 0. The number of pyridine rings is 1. The first kappa shape index (κ1) is 23.6. The van der Waals surface area contributed by atoms with Crippen molar-refractivity contribution in [1.82, 2.24) is 4.98 Å². The molecule has 1 heterocycles. The Balaban J connectivity index is 1.63. The van der Waals surface area contributed by atoms with Crippen molar-refractivity contribution in [2.24, 2.45) is 0 Å². The zero-order chi connectivity index (χ0) is 25.1. The van der Waals surface area contributed by atoms with E-state index in [4.69, 9.17) is 4.74 Å². The second kappa shape index (κ2) is 9.86. The van der Waals surface area contributed by atoms with Crippen molar-refractivity contribution in [2.75, 3.05) is 0 Å². The molecule has 0 aliphatic rings. The van der Waals surface area contributed by atoms with E-state index in [1.54, 1.807) is 12.3 Å². The smallest absolute Gasteiger partial charge is 0.418 e.